The van der Waals surface area contributed by atoms with Gasteiger partial charge in [-0.3, -0.25) is 0 Å². The Hall–Kier alpha value is -1.38. The normalized spacial score (nSPS) is 9.57. The van der Waals surface area contributed by atoms with E-state index >= 15 is 0 Å². The van der Waals surface area contributed by atoms with E-state index < -0.39 is 0 Å². The van der Waals surface area contributed by atoms with Crippen molar-refractivity contribution in [1.29, 1.82) is 0 Å². The maximum absolute atomic E-state index is 2.19. The van der Waals surface area contributed by atoms with Gasteiger partial charge in [0.1, 0.15) is 0 Å². The molecule has 28 heavy (non-hydrogen) atoms. The first-order chi connectivity index (χ1) is 12.9. The molecule has 4 rings (SSSR count). The molecule has 0 spiro atoms. The monoisotopic (exact) mass is 378 g/mol. The maximum atomic E-state index is 2.19. The second-order valence-corrected chi connectivity index (χ2v) is 6.21. The summed E-state index contributed by atoms with van der Waals surface area (Å²) in [5.41, 5.74) is 7.40. The van der Waals surface area contributed by atoms with Crippen LogP contribution in [0.2, 0.25) is 0 Å². The first-order valence-electron chi connectivity index (χ1n) is 8.89. The van der Waals surface area contributed by atoms with Crippen molar-refractivity contribution < 1.29 is 0 Å². The summed E-state index contributed by atoms with van der Waals surface area (Å²) in [6.07, 6.45) is 0. The summed E-state index contributed by atoms with van der Waals surface area (Å²) >= 11 is 0. The molecule has 0 N–H and O–H groups in total. The van der Waals surface area contributed by atoms with Gasteiger partial charge in [0.2, 0.25) is 0 Å². The van der Waals surface area contributed by atoms with Crippen LogP contribution in [0.5, 0.6) is 0 Å². The molecule has 0 heterocycles. The van der Waals surface area contributed by atoms with Crippen molar-refractivity contribution in [3.63, 3.8) is 0 Å². The Labute approximate surface area is 211 Å². The predicted molar refractivity (Wildman–Crippen MR) is 122 cm³/mol. The topological polar surface area (TPSA) is 0 Å². The van der Waals surface area contributed by atoms with Crippen molar-refractivity contribution in [2.75, 3.05) is 0 Å². The number of hydrogen-bond acceptors (Lipinski definition) is 0. The molecule has 0 fully saturated rings. The summed E-state index contributed by atoms with van der Waals surface area (Å²) in [6, 6.07) is 42.6. The number of benzene rings is 4. The van der Waals surface area contributed by atoms with Crippen LogP contribution in [0.1, 0.15) is 22.3 Å². The van der Waals surface area contributed by atoms with Gasteiger partial charge in [-0.15, -0.1) is 0 Å². The SMILES string of the molecule is [Na].[Na].c1ccc(C(=C(c2ccccc2)c2ccccc2)c2ccccc2)cc1. The van der Waals surface area contributed by atoms with Crippen LogP contribution in [0.25, 0.3) is 11.1 Å². The Morgan fingerprint density at radius 2 is 0.464 bits per heavy atom. The standard InChI is InChI=1S/C26H20.2Na/c1-5-13-21(14-6-1)25(22-15-7-2-8-16-22)26(23-17-9-3-10-18-23)24-19-11-4-12-20-24;;/h1-20H;;. The third-order valence-corrected chi connectivity index (χ3v) is 4.50. The Morgan fingerprint density at radius 3 is 0.643 bits per heavy atom. The van der Waals surface area contributed by atoms with Crippen molar-refractivity contribution in [2.45, 2.75) is 0 Å². The van der Waals surface area contributed by atoms with Crippen LogP contribution in [-0.2, 0) is 0 Å². The van der Waals surface area contributed by atoms with E-state index in [2.05, 4.69) is 121 Å². The van der Waals surface area contributed by atoms with Gasteiger partial charge in [-0.1, -0.05) is 121 Å². The molecule has 0 saturated heterocycles. The number of rotatable bonds is 4. The van der Waals surface area contributed by atoms with Crippen LogP contribution in [0.15, 0.2) is 121 Å². The molecule has 4 aromatic carbocycles. The summed E-state index contributed by atoms with van der Waals surface area (Å²) < 4.78 is 0. The largest absolute Gasteiger partial charge is 0.0622 e. The molecule has 2 radical (unpaired) electrons. The molecule has 4 aromatic rings. The molecule has 0 aliphatic rings. The van der Waals surface area contributed by atoms with Crippen LogP contribution in [0.3, 0.4) is 0 Å². The van der Waals surface area contributed by atoms with E-state index in [9.17, 15) is 0 Å². The fourth-order valence-electron chi connectivity index (χ4n) is 3.33. The van der Waals surface area contributed by atoms with Crippen molar-refractivity contribution in [1.82, 2.24) is 0 Å². The average Bonchev–Trinajstić information content (AvgIpc) is 2.74. The van der Waals surface area contributed by atoms with Gasteiger partial charge in [0.15, 0.2) is 0 Å². The zero-order valence-corrected chi connectivity index (χ0v) is 20.5. The fraction of sp³-hybridized carbons (Fsp3) is 0. The minimum atomic E-state index is 0. The van der Waals surface area contributed by atoms with E-state index in [0.29, 0.717) is 0 Å². The van der Waals surface area contributed by atoms with E-state index in [1.54, 1.807) is 0 Å². The van der Waals surface area contributed by atoms with E-state index in [1.165, 1.54) is 33.4 Å². The maximum Gasteiger partial charge on any atom is 0 e. The summed E-state index contributed by atoms with van der Waals surface area (Å²) in [4.78, 5) is 0. The summed E-state index contributed by atoms with van der Waals surface area (Å²) in [7, 11) is 0. The molecule has 0 nitrogen and oxygen atoms in total. The Morgan fingerprint density at radius 1 is 0.286 bits per heavy atom. The molecule has 0 unspecified atom stereocenters. The molecular formula is C26H20Na2. The van der Waals surface area contributed by atoms with Gasteiger partial charge < -0.3 is 0 Å². The molecule has 0 aromatic heterocycles. The van der Waals surface area contributed by atoms with Crippen LogP contribution in [0.4, 0.5) is 0 Å². The third kappa shape index (κ3) is 5.36. The smallest absolute Gasteiger partial charge is 0 e. The summed E-state index contributed by atoms with van der Waals surface area (Å²) in [6.45, 7) is 0. The van der Waals surface area contributed by atoms with Gasteiger partial charge in [-0.2, -0.15) is 0 Å². The molecule has 0 aliphatic carbocycles. The molecule has 0 amide bonds. The van der Waals surface area contributed by atoms with Crippen LogP contribution in [-0.4, -0.2) is 59.1 Å². The van der Waals surface area contributed by atoms with E-state index in [-0.39, 0.29) is 59.1 Å². The van der Waals surface area contributed by atoms with Gasteiger partial charge in [-0.05, 0) is 33.4 Å². The second kappa shape index (κ2) is 11.6. The zero-order valence-electron chi connectivity index (χ0n) is 16.5. The van der Waals surface area contributed by atoms with Crippen LogP contribution >= 0.6 is 0 Å². The first-order valence-corrected chi connectivity index (χ1v) is 8.89. The van der Waals surface area contributed by atoms with Gasteiger partial charge >= 0.3 is 0 Å². The molecular weight excluding hydrogens is 358 g/mol. The average molecular weight is 378 g/mol. The van der Waals surface area contributed by atoms with E-state index in [4.69, 9.17) is 0 Å². The summed E-state index contributed by atoms with van der Waals surface area (Å²) in [5.74, 6) is 0. The molecule has 0 bridgehead atoms. The summed E-state index contributed by atoms with van der Waals surface area (Å²) in [5, 5.41) is 0. The zero-order chi connectivity index (χ0) is 17.6. The van der Waals surface area contributed by atoms with E-state index in [1.807, 2.05) is 0 Å². The fourth-order valence-corrected chi connectivity index (χ4v) is 3.33. The molecule has 0 saturated carbocycles. The molecule has 0 atom stereocenters. The Bertz CT molecular complexity index is 825. The molecule has 0 aliphatic heterocycles. The van der Waals surface area contributed by atoms with Gasteiger partial charge in [0.05, 0.1) is 0 Å². The van der Waals surface area contributed by atoms with Crippen molar-refractivity contribution in [2.24, 2.45) is 0 Å². The second-order valence-electron chi connectivity index (χ2n) is 6.21. The minimum Gasteiger partial charge on any atom is -0.0622 e. The quantitative estimate of drug-likeness (QED) is 0.305. The van der Waals surface area contributed by atoms with Gasteiger partial charge in [-0.25, -0.2) is 0 Å². The molecule has 2 heteroatoms. The van der Waals surface area contributed by atoms with Gasteiger partial charge in [0, 0.05) is 59.1 Å². The predicted octanol–water partition coefficient (Wildman–Crippen LogP) is 5.93. The Balaban J connectivity index is 0.00000140. The minimum absolute atomic E-state index is 0. The van der Waals surface area contributed by atoms with Gasteiger partial charge in [0.25, 0.3) is 0 Å². The van der Waals surface area contributed by atoms with Crippen LogP contribution < -0.4 is 0 Å². The molecule has 126 valence electrons. The number of hydrogen-bond donors (Lipinski definition) is 0. The van der Waals surface area contributed by atoms with Crippen molar-refractivity contribution in [3.8, 4) is 0 Å². The third-order valence-electron chi connectivity index (χ3n) is 4.50. The van der Waals surface area contributed by atoms with Crippen molar-refractivity contribution >= 4 is 70.3 Å². The Kier molecular flexibility index (Phi) is 9.47. The van der Waals surface area contributed by atoms with Crippen molar-refractivity contribution in [3.05, 3.63) is 144 Å². The van der Waals surface area contributed by atoms with Crippen LogP contribution in [0, 0.1) is 0 Å². The first kappa shape index (κ1) is 22.9. The van der Waals surface area contributed by atoms with E-state index in [0.717, 1.165) is 0 Å².